The van der Waals surface area contributed by atoms with Crippen molar-refractivity contribution in [2.24, 2.45) is 11.7 Å². The number of halogens is 1. The molecule has 3 N–H and O–H groups in total. The van der Waals surface area contributed by atoms with Crippen molar-refractivity contribution >= 4 is 23.6 Å². The van der Waals surface area contributed by atoms with Gasteiger partial charge in [0.15, 0.2) is 0 Å². The first-order chi connectivity index (χ1) is 8.47. The number of aliphatic carboxylic acids is 1. The summed E-state index contributed by atoms with van der Waals surface area (Å²) in [5.74, 6) is -2.15. The molecule has 2 rings (SSSR count). The zero-order chi connectivity index (χ0) is 13.3. The predicted octanol–water partition coefficient (Wildman–Crippen LogP) is 1.88. The molecule has 96 valence electrons. The monoisotopic (exact) mass is 269 g/mol. The Bertz CT molecular complexity index is 500. The van der Waals surface area contributed by atoms with Crippen molar-refractivity contribution in [3.8, 4) is 0 Å². The minimum absolute atomic E-state index is 0.0868. The molecule has 1 saturated carbocycles. The van der Waals surface area contributed by atoms with Crippen LogP contribution in [-0.2, 0) is 4.79 Å². The standard InChI is InChI=1S/C12H12FNO3S/c13-9-2-1-6(11(14)15)5-10(9)18-8-3-7(4-8)12(16)17/h1-2,5,7-8H,3-4H2,(H2,14,15)(H,16,17). The van der Waals surface area contributed by atoms with E-state index in [1.54, 1.807) is 0 Å². The lowest BCUT2D eigenvalue weighted by Gasteiger charge is -2.31. The maximum Gasteiger partial charge on any atom is 0.306 e. The van der Waals surface area contributed by atoms with Crippen molar-refractivity contribution < 1.29 is 19.1 Å². The molecule has 18 heavy (non-hydrogen) atoms. The number of hydrogen-bond donors (Lipinski definition) is 2. The number of nitrogens with two attached hydrogens (primary N) is 1. The second-order valence-electron chi connectivity index (χ2n) is 4.26. The van der Waals surface area contributed by atoms with Gasteiger partial charge in [-0.25, -0.2) is 4.39 Å². The fraction of sp³-hybridized carbons (Fsp3) is 0.333. The highest BCUT2D eigenvalue weighted by molar-refractivity contribution is 8.00. The van der Waals surface area contributed by atoms with Crippen molar-refractivity contribution in [3.05, 3.63) is 29.6 Å². The van der Waals surface area contributed by atoms with E-state index in [0.717, 1.165) is 0 Å². The summed E-state index contributed by atoms with van der Waals surface area (Å²) < 4.78 is 13.5. The lowest BCUT2D eigenvalue weighted by atomic mass is 9.85. The van der Waals surface area contributed by atoms with Crippen molar-refractivity contribution in [3.63, 3.8) is 0 Å². The Hall–Kier alpha value is -1.56. The zero-order valence-corrected chi connectivity index (χ0v) is 10.2. The molecule has 0 aromatic heterocycles. The summed E-state index contributed by atoms with van der Waals surface area (Å²) >= 11 is 1.26. The molecule has 0 atom stereocenters. The maximum atomic E-state index is 13.5. The molecule has 0 bridgehead atoms. The van der Waals surface area contributed by atoms with Crippen LogP contribution in [0, 0.1) is 11.7 Å². The summed E-state index contributed by atoms with van der Waals surface area (Å²) in [7, 11) is 0. The van der Waals surface area contributed by atoms with E-state index in [4.69, 9.17) is 10.8 Å². The number of hydrogen-bond acceptors (Lipinski definition) is 3. The topological polar surface area (TPSA) is 80.4 Å². The van der Waals surface area contributed by atoms with Crippen LogP contribution < -0.4 is 5.73 Å². The molecule has 4 nitrogen and oxygen atoms in total. The minimum Gasteiger partial charge on any atom is -0.481 e. The van der Waals surface area contributed by atoms with E-state index in [0.29, 0.717) is 17.7 Å². The summed E-state index contributed by atoms with van der Waals surface area (Å²) in [5.41, 5.74) is 5.38. The zero-order valence-electron chi connectivity index (χ0n) is 9.43. The minimum atomic E-state index is -0.807. The van der Waals surface area contributed by atoms with Crippen LogP contribution in [0.4, 0.5) is 4.39 Å². The van der Waals surface area contributed by atoms with Gasteiger partial charge in [0.1, 0.15) is 5.82 Å². The molecule has 1 amide bonds. The van der Waals surface area contributed by atoms with Crippen molar-refractivity contribution in [2.45, 2.75) is 23.0 Å². The Balaban J connectivity index is 2.04. The fourth-order valence-corrected chi connectivity index (χ4v) is 3.18. The fourth-order valence-electron chi connectivity index (χ4n) is 1.79. The maximum absolute atomic E-state index is 13.5. The number of primary amides is 1. The van der Waals surface area contributed by atoms with Gasteiger partial charge >= 0.3 is 5.97 Å². The average Bonchev–Trinajstić information content (AvgIpc) is 2.23. The van der Waals surface area contributed by atoms with Gasteiger partial charge < -0.3 is 10.8 Å². The number of amides is 1. The SMILES string of the molecule is NC(=O)c1ccc(F)c(SC2CC(C(=O)O)C2)c1. The molecule has 0 unspecified atom stereocenters. The quantitative estimate of drug-likeness (QED) is 0.874. The first-order valence-corrected chi connectivity index (χ1v) is 6.34. The van der Waals surface area contributed by atoms with E-state index in [1.807, 2.05) is 0 Å². The number of thioether (sulfide) groups is 1. The molecule has 0 aliphatic heterocycles. The molecule has 0 spiro atoms. The normalized spacial score (nSPS) is 22.3. The molecule has 1 fully saturated rings. The number of rotatable bonds is 4. The second kappa shape index (κ2) is 4.97. The van der Waals surface area contributed by atoms with E-state index < -0.39 is 17.7 Å². The predicted molar refractivity (Wildman–Crippen MR) is 64.9 cm³/mol. The molecule has 1 aliphatic carbocycles. The van der Waals surface area contributed by atoms with E-state index in [9.17, 15) is 14.0 Å². The molecule has 1 aromatic rings. The molecule has 0 saturated heterocycles. The van der Waals surface area contributed by atoms with Crippen LogP contribution in [0.5, 0.6) is 0 Å². The number of carbonyl (C=O) groups excluding carboxylic acids is 1. The van der Waals surface area contributed by atoms with Gasteiger partial charge in [-0.05, 0) is 31.0 Å². The van der Waals surface area contributed by atoms with Gasteiger partial charge in [0.25, 0.3) is 0 Å². The Kier molecular flexibility index (Phi) is 3.56. The summed E-state index contributed by atoms with van der Waals surface area (Å²) in [4.78, 5) is 22.0. The van der Waals surface area contributed by atoms with Crippen LogP contribution >= 0.6 is 11.8 Å². The Morgan fingerprint density at radius 3 is 2.61 bits per heavy atom. The lowest BCUT2D eigenvalue weighted by Crippen LogP contribution is -2.32. The molecular formula is C12H12FNO3S. The summed E-state index contributed by atoms with van der Waals surface area (Å²) in [6, 6.07) is 3.95. The van der Waals surface area contributed by atoms with Gasteiger partial charge in [-0.3, -0.25) is 9.59 Å². The number of benzene rings is 1. The van der Waals surface area contributed by atoms with E-state index in [-0.39, 0.29) is 16.7 Å². The van der Waals surface area contributed by atoms with Crippen LogP contribution in [0.2, 0.25) is 0 Å². The summed E-state index contributed by atoms with van der Waals surface area (Å²) in [5, 5.41) is 8.83. The molecular weight excluding hydrogens is 257 g/mol. The number of carboxylic acids is 1. The summed E-state index contributed by atoms with van der Waals surface area (Å²) in [6.45, 7) is 0. The van der Waals surface area contributed by atoms with Crippen LogP contribution in [0.15, 0.2) is 23.1 Å². The smallest absolute Gasteiger partial charge is 0.306 e. The lowest BCUT2D eigenvalue weighted by molar-refractivity contribution is -0.144. The molecule has 6 heteroatoms. The van der Waals surface area contributed by atoms with Crippen molar-refractivity contribution in [1.82, 2.24) is 0 Å². The number of carbonyl (C=O) groups is 2. The van der Waals surface area contributed by atoms with E-state index >= 15 is 0 Å². The highest BCUT2D eigenvalue weighted by Gasteiger charge is 2.35. The molecule has 0 radical (unpaired) electrons. The van der Waals surface area contributed by atoms with Crippen LogP contribution in [0.1, 0.15) is 23.2 Å². The van der Waals surface area contributed by atoms with Crippen molar-refractivity contribution in [2.75, 3.05) is 0 Å². The van der Waals surface area contributed by atoms with Crippen LogP contribution in [-0.4, -0.2) is 22.2 Å². The average molecular weight is 269 g/mol. The Morgan fingerprint density at radius 2 is 2.06 bits per heavy atom. The highest BCUT2D eigenvalue weighted by atomic mass is 32.2. The van der Waals surface area contributed by atoms with Gasteiger partial charge in [-0.2, -0.15) is 0 Å². The van der Waals surface area contributed by atoms with Gasteiger partial charge in [-0.1, -0.05) is 0 Å². The number of carboxylic acid groups (broad SMARTS) is 1. The Labute approximate surface area is 107 Å². The highest BCUT2D eigenvalue weighted by Crippen LogP contribution is 2.41. The third kappa shape index (κ3) is 2.64. The Morgan fingerprint density at radius 1 is 1.39 bits per heavy atom. The molecule has 1 aromatic carbocycles. The van der Waals surface area contributed by atoms with Gasteiger partial charge in [0.2, 0.25) is 5.91 Å². The third-order valence-corrected chi connectivity index (χ3v) is 4.24. The van der Waals surface area contributed by atoms with Crippen LogP contribution in [0.25, 0.3) is 0 Å². The molecule has 0 heterocycles. The first-order valence-electron chi connectivity index (χ1n) is 5.46. The second-order valence-corrected chi connectivity index (χ2v) is 5.60. The van der Waals surface area contributed by atoms with Gasteiger partial charge in [0.05, 0.1) is 5.92 Å². The van der Waals surface area contributed by atoms with E-state index in [1.165, 1.54) is 30.0 Å². The first kappa shape index (κ1) is 12.9. The van der Waals surface area contributed by atoms with Gasteiger partial charge in [-0.15, -0.1) is 11.8 Å². The largest absolute Gasteiger partial charge is 0.481 e. The van der Waals surface area contributed by atoms with Crippen LogP contribution in [0.3, 0.4) is 0 Å². The molecule has 1 aliphatic rings. The van der Waals surface area contributed by atoms with Crippen molar-refractivity contribution in [1.29, 1.82) is 0 Å². The summed E-state index contributed by atoms with van der Waals surface area (Å²) in [6.07, 6.45) is 1.06. The van der Waals surface area contributed by atoms with E-state index in [2.05, 4.69) is 0 Å². The third-order valence-electron chi connectivity index (χ3n) is 2.95. The van der Waals surface area contributed by atoms with Gasteiger partial charge in [0, 0.05) is 15.7 Å².